The molecule has 0 spiro atoms. The van der Waals surface area contributed by atoms with Crippen LogP contribution < -0.4 is 16.8 Å². The van der Waals surface area contributed by atoms with Crippen molar-refractivity contribution in [1.29, 1.82) is 0 Å². The molecule has 0 unspecified atom stereocenters. The molecule has 2 aromatic carbocycles. The molecule has 1 heterocycles. The highest BCUT2D eigenvalue weighted by atomic mass is 35.5. The van der Waals surface area contributed by atoms with E-state index in [0.717, 1.165) is 4.57 Å². The van der Waals surface area contributed by atoms with E-state index in [1.807, 2.05) is 0 Å². The number of amides is 1. The van der Waals surface area contributed by atoms with Gasteiger partial charge in [-0.15, -0.1) is 0 Å². The molecule has 0 aliphatic heterocycles. The zero-order valence-electron chi connectivity index (χ0n) is 10.7. The van der Waals surface area contributed by atoms with Crippen molar-refractivity contribution in [3.8, 4) is 0 Å². The maximum absolute atomic E-state index is 12.2. The van der Waals surface area contributed by atoms with Gasteiger partial charge in [-0.1, -0.05) is 17.7 Å². The van der Waals surface area contributed by atoms with Crippen molar-refractivity contribution < 1.29 is 9.21 Å². The second-order valence-corrected chi connectivity index (χ2v) is 4.81. The van der Waals surface area contributed by atoms with Gasteiger partial charge in [-0.25, -0.2) is 9.59 Å². The number of nitrogens with two attached hydrogens (primary N) is 1. The molecule has 3 N–H and O–H groups in total. The molecule has 0 radical (unpaired) electrons. The summed E-state index contributed by atoms with van der Waals surface area (Å²) in [6, 6.07) is 10.6. The third-order valence-corrected chi connectivity index (χ3v) is 3.12. The summed E-state index contributed by atoms with van der Waals surface area (Å²) in [7, 11) is 0. The number of nitrogens with one attached hydrogen (secondary N) is 1. The highest BCUT2D eigenvalue weighted by molar-refractivity contribution is 6.30. The first-order valence-electron chi connectivity index (χ1n) is 6.02. The number of hydrogen-bond acceptors (Lipinski definition) is 4. The first kappa shape index (κ1) is 13.3. The van der Waals surface area contributed by atoms with Crippen LogP contribution >= 0.6 is 11.6 Å². The van der Waals surface area contributed by atoms with Gasteiger partial charge < -0.3 is 15.5 Å². The largest absolute Gasteiger partial charge is 0.428 e. The van der Waals surface area contributed by atoms with Gasteiger partial charge in [-0.3, -0.25) is 0 Å². The molecule has 0 atom stereocenters. The minimum atomic E-state index is -0.782. The maximum Gasteiger partial charge on any atom is 0.428 e. The van der Waals surface area contributed by atoms with Crippen LogP contribution in [0.15, 0.2) is 51.7 Å². The van der Waals surface area contributed by atoms with Gasteiger partial charge in [0, 0.05) is 22.5 Å². The van der Waals surface area contributed by atoms with Gasteiger partial charge >= 0.3 is 11.8 Å². The van der Waals surface area contributed by atoms with E-state index in [1.54, 1.807) is 36.4 Å². The summed E-state index contributed by atoms with van der Waals surface area (Å²) in [4.78, 5) is 24.0. The Morgan fingerprint density at radius 3 is 2.81 bits per heavy atom. The van der Waals surface area contributed by atoms with Crippen LogP contribution in [-0.2, 0) is 0 Å². The number of carbonyl (C=O) groups excluding carboxylic acids is 1. The van der Waals surface area contributed by atoms with Crippen LogP contribution in [0.25, 0.3) is 11.1 Å². The van der Waals surface area contributed by atoms with E-state index in [4.69, 9.17) is 21.8 Å². The number of hydrogen-bond donors (Lipinski definition) is 2. The summed E-state index contributed by atoms with van der Waals surface area (Å²) in [6.07, 6.45) is 0. The third-order valence-electron chi connectivity index (χ3n) is 2.88. The molecule has 1 amide bonds. The number of rotatable bonds is 1. The highest BCUT2D eigenvalue weighted by Gasteiger charge is 2.16. The minimum absolute atomic E-state index is 0.251. The van der Waals surface area contributed by atoms with Crippen LogP contribution in [0.5, 0.6) is 0 Å². The average molecular weight is 304 g/mol. The van der Waals surface area contributed by atoms with Crippen LogP contribution in [-0.4, -0.2) is 10.6 Å². The van der Waals surface area contributed by atoms with Gasteiger partial charge in [0.15, 0.2) is 5.58 Å². The van der Waals surface area contributed by atoms with E-state index >= 15 is 0 Å². The number of nitrogens with zero attached hydrogens (tertiary/aromatic N) is 1. The Balaban J connectivity index is 2.02. The number of carbonyl (C=O) groups is 1. The summed E-state index contributed by atoms with van der Waals surface area (Å²) in [6.45, 7) is 0. The van der Waals surface area contributed by atoms with Crippen molar-refractivity contribution in [3.63, 3.8) is 0 Å². The van der Waals surface area contributed by atoms with Crippen molar-refractivity contribution in [2.24, 2.45) is 0 Å². The molecule has 106 valence electrons. The first-order valence-corrected chi connectivity index (χ1v) is 6.40. The van der Waals surface area contributed by atoms with E-state index in [9.17, 15) is 9.59 Å². The van der Waals surface area contributed by atoms with Gasteiger partial charge in [0.05, 0.1) is 0 Å². The molecule has 0 saturated carbocycles. The fourth-order valence-corrected chi connectivity index (χ4v) is 2.16. The van der Waals surface area contributed by atoms with Gasteiger partial charge in [0.2, 0.25) is 0 Å². The monoisotopic (exact) mass is 303 g/mol. The summed E-state index contributed by atoms with van der Waals surface area (Å²) in [5, 5.41) is 3.06. The second kappa shape index (κ2) is 4.99. The molecule has 1 aromatic heterocycles. The lowest BCUT2D eigenvalue weighted by atomic mass is 10.3. The Bertz CT molecular complexity index is 898. The molecule has 0 fully saturated rings. The quantitative estimate of drug-likeness (QED) is 0.676. The number of halogens is 1. The number of fused-ring (bicyclic) bond motifs is 1. The topological polar surface area (TPSA) is 90.3 Å². The van der Waals surface area contributed by atoms with Crippen LogP contribution in [0.3, 0.4) is 0 Å². The van der Waals surface area contributed by atoms with E-state index in [1.165, 1.54) is 6.07 Å². The molecule has 7 heteroatoms. The number of aromatic nitrogens is 1. The van der Waals surface area contributed by atoms with Gasteiger partial charge in [0.25, 0.3) is 0 Å². The second-order valence-electron chi connectivity index (χ2n) is 4.37. The van der Waals surface area contributed by atoms with Crippen molar-refractivity contribution in [1.82, 2.24) is 4.57 Å². The smallest absolute Gasteiger partial charge is 0.407 e. The summed E-state index contributed by atoms with van der Waals surface area (Å²) in [5.41, 5.74) is 7.12. The van der Waals surface area contributed by atoms with Crippen LogP contribution in [0, 0.1) is 0 Å². The Morgan fingerprint density at radius 2 is 2.05 bits per heavy atom. The number of oxazole rings is 1. The molecule has 0 saturated heterocycles. The third kappa shape index (κ3) is 2.48. The van der Waals surface area contributed by atoms with E-state index in [2.05, 4.69) is 5.32 Å². The zero-order valence-corrected chi connectivity index (χ0v) is 11.4. The van der Waals surface area contributed by atoms with E-state index in [0.29, 0.717) is 21.9 Å². The molecule has 0 bridgehead atoms. The predicted octanol–water partition coefficient (Wildman–Crippen LogP) is 2.91. The van der Waals surface area contributed by atoms with E-state index < -0.39 is 11.8 Å². The Kier molecular flexibility index (Phi) is 3.15. The Morgan fingerprint density at radius 1 is 1.24 bits per heavy atom. The first-order chi connectivity index (χ1) is 10.0. The molecule has 3 rings (SSSR count). The zero-order chi connectivity index (χ0) is 15.0. The fourth-order valence-electron chi connectivity index (χ4n) is 1.97. The summed E-state index contributed by atoms with van der Waals surface area (Å²) in [5.74, 6) is -0.782. The van der Waals surface area contributed by atoms with Gasteiger partial charge in [-0.05, 0) is 30.3 Å². The number of nitrogen functional groups attached to an aromatic ring is 1. The van der Waals surface area contributed by atoms with Gasteiger partial charge in [-0.2, -0.15) is 4.57 Å². The fraction of sp³-hybridized carbons (Fsp3) is 0. The maximum atomic E-state index is 12.2. The van der Waals surface area contributed by atoms with Crippen molar-refractivity contribution in [2.75, 3.05) is 11.1 Å². The number of anilines is 2. The number of benzene rings is 2. The average Bonchev–Trinajstić information content (AvgIpc) is 2.73. The standard InChI is InChI=1S/C14H10ClN3O3/c15-8-2-1-3-10(6-8)17-13(19)18-11-5-4-9(16)7-12(11)21-14(18)20/h1-7H,16H2,(H,17,19). The Hall–Kier alpha value is -2.73. The molecule has 3 aromatic rings. The molecule has 0 aliphatic carbocycles. The molecule has 0 aliphatic rings. The van der Waals surface area contributed by atoms with Crippen LogP contribution in [0.2, 0.25) is 5.02 Å². The van der Waals surface area contributed by atoms with Gasteiger partial charge in [0.1, 0.15) is 5.52 Å². The van der Waals surface area contributed by atoms with Crippen LogP contribution in [0.4, 0.5) is 16.2 Å². The van der Waals surface area contributed by atoms with Crippen molar-refractivity contribution in [3.05, 3.63) is 58.0 Å². The van der Waals surface area contributed by atoms with Crippen LogP contribution in [0.1, 0.15) is 0 Å². The lowest BCUT2D eigenvalue weighted by Gasteiger charge is -2.05. The Labute approximate surface area is 123 Å². The lowest BCUT2D eigenvalue weighted by Crippen LogP contribution is -2.27. The summed E-state index contributed by atoms with van der Waals surface area (Å²) < 4.78 is 5.90. The minimum Gasteiger partial charge on any atom is -0.407 e. The normalized spacial score (nSPS) is 10.7. The molecular formula is C14H10ClN3O3. The molecular weight excluding hydrogens is 294 g/mol. The molecule has 21 heavy (non-hydrogen) atoms. The summed E-state index contributed by atoms with van der Waals surface area (Å²) >= 11 is 5.84. The highest BCUT2D eigenvalue weighted by Crippen LogP contribution is 2.18. The lowest BCUT2D eigenvalue weighted by molar-refractivity contribution is 0.252. The SMILES string of the molecule is Nc1ccc2c(c1)oc(=O)n2C(=O)Nc1cccc(Cl)c1. The van der Waals surface area contributed by atoms with Crippen molar-refractivity contribution >= 4 is 40.1 Å². The van der Waals surface area contributed by atoms with Crippen molar-refractivity contribution in [2.45, 2.75) is 0 Å². The molecule has 6 nitrogen and oxygen atoms in total. The van der Waals surface area contributed by atoms with E-state index in [-0.39, 0.29) is 5.58 Å². The predicted molar refractivity (Wildman–Crippen MR) is 80.8 cm³/mol.